The number of carbonyl (C=O) groups is 1. The van der Waals surface area contributed by atoms with Gasteiger partial charge in [0.15, 0.2) is 0 Å². The number of ether oxygens (including phenoxy) is 1. The molecule has 7 heteroatoms. The SMILES string of the molecule is CCS(=O)(=O)N(C)c1ccc(C(=O)Nc2ccc(OC)cc2)cc1. The van der Waals surface area contributed by atoms with Crippen LogP contribution in [0.25, 0.3) is 0 Å². The van der Waals surface area contributed by atoms with E-state index in [1.165, 1.54) is 11.4 Å². The van der Waals surface area contributed by atoms with Crippen LogP contribution in [-0.4, -0.2) is 34.2 Å². The number of nitrogens with one attached hydrogen (secondary N) is 1. The first-order chi connectivity index (χ1) is 11.4. The molecule has 0 heterocycles. The third kappa shape index (κ3) is 4.05. The number of hydrogen-bond donors (Lipinski definition) is 1. The minimum Gasteiger partial charge on any atom is -0.497 e. The van der Waals surface area contributed by atoms with Gasteiger partial charge in [-0.15, -0.1) is 0 Å². The highest BCUT2D eigenvalue weighted by Crippen LogP contribution is 2.19. The highest BCUT2D eigenvalue weighted by atomic mass is 32.2. The summed E-state index contributed by atoms with van der Waals surface area (Å²) >= 11 is 0. The average molecular weight is 348 g/mol. The number of nitrogens with zero attached hydrogens (tertiary/aromatic N) is 1. The zero-order valence-electron chi connectivity index (χ0n) is 13.8. The van der Waals surface area contributed by atoms with Crippen LogP contribution in [0.3, 0.4) is 0 Å². The van der Waals surface area contributed by atoms with Gasteiger partial charge in [-0.05, 0) is 55.5 Å². The molecule has 0 fully saturated rings. The number of benzene rings is 2. The van der Waals surface area contributed by atoms with Crippen molar-refractivity contribution in [3.05, 3.63) is 54.1 Å². The second kappa shape index (κ2) is 7.35. The van der Waals surface area contributed by atoms with Gasteiger partial charge in [-0.3, -0.25) is 9.10 Å². The summed E-state index contributed by atoms with van der Waals surface area (Å²) in [6.45, 7) is 1.59. The van der Waals surface area contributed by atoms with Gasteiger partial charge in [0.25, 0.3) is 5.91 Å². The molecule has 0 saturated carbocycles. The number of rotatable bonds is 6. The molecular formula is C17H20N2O4S. The quantitative estimate of drug-likeness (QED) is 0.871. The number of hydrogen-bond acceptors (Lipinski definition) is 4. The van der Waals surface area contributed by atoms with Crippen molar-refractivity contribution in [3.8, 4) is 5.75 Å². The van der Waals surface area contributed by atoms with E-state index in [0.717, 1.165) is 0 Å². The van der Waals surface area contributed by atoms with Crippen molar-refractivity contribution in [1.82, 2.24) is 0 Å². The van der Waals surface area contributed by atoms with E-state index in [2.05, 4.69) is 5.32 Å². The topological polar surface area (TPSA) is 75.7 Å². The first-order valence-corrected chi connectivity index (χ1v) is 9.00. The molecule has 2 rings (SSSR count). The molecule has 0 unspecified atom stereocenters. The van der Waals surface area contributed by atoms with E-state index in [9.17, 15) is 13.2 Å². The van der Waals surface area contributed by atoms with Gasteiger partial charge >= 0.3 is 0 Å². The molecule has 0 radical (unpaired) electrons. The predicted molar refractivity (Wildman–Crippen MR) is 95.3 cm³/mol. The summed E-state index contributed by atoms with van der Waals surface area (Å²) in [7, 11) is -0.253. The fourth-order valence-electron chi connectivity index (χ4n) is 2.05. The van der Waals surface area contributed by atoms with Crippen LogP contribution < -0.4 is 14.4 Å². The van der Waals surface area contributed by atoms with Gasteiger partial charge < -0.3 is 10.1 Å². The van der Waals surface area contributed by atoms with Gasteiger partial charge in [0.05, 0.1) is 18.6 Å². The Morgan fingerprint density at radius 2 is 1.67 bits per heavy atom. The molecule has 0 saturated heterocycles. The molecule has 1 amide bonds. The Kier molecular flexibility index (Phi) is 5.46. The first kappa shape index (κ1) is 17.8. The van der Waals surface area contributed by atoms with E-state index in [0.29, 0.717) is 22.7 Å². The van der Waals surface area contributed by atoms with Gasteiger partial charge in [-0.2, -0.15) is 0 Å². The van der Waals surface area contributed by atoms with Crippen molar-refractivity contribution in [1.29, 1.82) is 0 Å². The fourth-order valence-corrected chi connectivity index (χ4v) is 2.88. The van der Waals surface area contributed by atoms with Crippen LogP contribution in [0.4, 0.5) is 11.4 Å². The van der Waals surface area contributed by atoms with Crippen molar-refractivity contribution >= 4 is 27.3 Å². The van der Waals surface area contributed by atoms with Crippen LogP contribution >= 0.6 is 0 Å². The standard InChI is InChI=1S/C17H20N2O4S/c1-4-24(21,22)19(2)15-9-5-13(6-10-15)17(20)18-14-7-11-16(23-3)12-8-14/h5-12H,4H2,1-3H3,(H,18,20). The van der Waals surface area contributed by atoms with Gasteiger partial charge in [-0.25, -0.2) is 8.42 Å². The second-order valence-electron chi connectivity index (χ2n) is 5.10. The van der Waals surface area contributed by atoms with Crippen molar-refractivity contribution in [2.45, 2.75) is 6.92 Å². The van der Waals surface area contributed by atoms with Crippen molar-refractivity contribution in [2.75, 3.05) is 29.5 Å². The van der Waals surface area contributed by atoms with Crippen LogP contribution in [0.1, 0.15) is 17.3 Å². The Bertz CT molecular complexity index is 799. The van der Waals surface area contributed by atoms with E-state index >= 15 is 0 Å². The maximum Gasteiger partial charge on any atom is 0.255 e. The Morgan fingerprint density at radius 3 is 2.17 bits per heavy atom. The van der Waals surface area contributed by atoms with Gasteiger partial charge in [0.2, 0.25) is 10.0 Å². The lowest BCUT2D eigenvalue weighted by molar-refractivity contribution is 0.102. The molecule has 0 atom stereocenters. The molecule has 24 heavy (non-hydrogen) atoms. The van der Waals surface area contributed by atoms with E-state index in [1.54, 1.807) is 62.6 Å². The maximum absolute atomic E-state index is 12.2. The number of amides is 1. The van der Waals surface area contributed by atoms with E-state index in [1.807, 2.05) is 0 Å². The minimum atomic E-state index is -3.32. The summed E-state index contributed by atoms with van der Waals surface area (Å²) < 4.78 is 30.0. The monoisotopic (exact) mass is 348 g/mol. The molecule has 1 N–H and O–H groups in total. The highest BCUT2D eigenvalue weighted by Gasteiger charge is 2.16. The zero-order chi connectivity index (χ0) is 17.7. The summed E-state index contributed by atoms with van der Waals surface area (Å²) in [5.74, 6) is 0.452. The Morgan fingerprint density at radius 1 is 1.08 bits per heavy atom. The molecular weight excluding hydrogens is 328 g/mol. The number of sulfonamides is 1. The Hall–Kier alpha value is -2.54. The molecule has 0 aromatic heterocycles. The van der Waals surface area contributed by atoms with Crippen molar-refractivity contribution < 1.29 is 17.9 Å². The van der Waals surface area contributed by atoms with Crippen LogP contribution in [0, 0.1) is 0 Å². The highest BCUT2D eigenvalue weighted by molar-refractivity contribution is 7.92. The fraction of sp³-hybridized carbons (Fsp3) is 0.235. The Balaban J connectivity index is 2.10. The molecule has 0 aliphatic heterocycles. The van der Waals surface area contributed by atoms with Crippen LogP contribution in [-0.2, 0) is 10.0 Å². The average Bonchev–Trinajstić information content (AvgIpc) is 2.61. The predicted octanol–water partition coefficient (Wildman–Crippen LogP) is 2.73. The summed E-state index contributed by atoms with van der Waals surface area (Å²) in [4.78, 5) is 12.2. The lowest BCUT2D eigenvalue weighted by Gasteiger charge is -2.18. The second-order valence-corrected chi connectivity index (χ2v) is 7.39. The summed E-state index contributed by atoms with van der Waals surface area (Å²) in [5.41, 5.74) is 1.60. The van der Waals surface area contributed by atoms with Gasteiger partial charge in [-0.1, -0.05) is 0 Å². The smallest absolute Gasteiger partial charge is 0.255 e. The van der Waals surface area contributed by atoms with E-state index in [-0.39, 0.29) is 11.7 Å². The number of carbonyl (C=O) groups excluding carboxylic acids is 1. The van der Waals surface area contributed by atoms with Crippen molar-refractivity contribution in [3.63, 3.8) is 0 Å². The number of methoxy groups -OCH3 is 1. The van der Waals surface area contributed by atoms with E-state index in [4.69, 9.17) is 4.74 Å². The van der Waals surface area contributed by atoms with Crippen molar-refractivity contribution in [2.24, 2.45) is 0 Å². The maximum atomic E-state index is 12.2. The molecule has 0 aliphatic carbocycles. The normalized spacial score (nSPS) is 11.0. The zero-order valence-corrected chi connectivity index (χ0v) is 14.6. The lowest BCUT2D eigenvalue weighted by atomic mass is 10.2. The van der Waals surface area contributed by atoms with Gasteiger partial charge in [0.1, 0.15) is 5.75 Å². The first-order valence-electron chi connectivity index (χ1n) is 7.39. The summed E-state index contributed by atoms with van der Waals surface area (Å²) in [6.07, 6.45) is 0. The third-order valence-electron chi connectivity index (χ3n) is 3.62. The summed E-state index contributed by atoms with van der Waals surface area (Å²) in [6, 6.07) is 13.4. The molecule has 0 spiro atoms. The van der Waals surface area contributed by atoms with Gasteiger partial charge in [0, 0.05) is 18.3 Å². The third-order valence-corrected chi connectivity index (χ3v) is 5.40. The van der Waals surface area contributed by atoms with E-state index < -0.39 is 10.0 Å². The number of anilines is 2. The van der Waals surface area contributed by atoms with Crippen LogP contribution in [0.5, 0.6) is 5.75 Å². The Labute approximate surface area is 142 Å². The molecule has 128 valence electrons. The molecule has 2 aromatic carbocycles. The molecule has 0 aliphatic rings. The molecule has 6 nitrogen and oxygen atoms in total. The summed E-state index contributed by atoms with van der Waals surface area (Å²) in [5, 5.41) is 2.77. The van der Waals surface area contributed by atoms with Crippen LogP contribution in [0.2, 0.25) is 0 Å². The molecule has 0 bridgehead atoms. The lowest BCUT2D eigenvalue weighted by Crippen LogP contribution is -2.28. The van der Waals surface area contributed by atoms with Crippen LogP contribution in [0.15, 0.2) is 48.5 Å². The minimum absolute atomic E-state index is 0.0171. The largest absolute Gasteiger partial charge is 0.497 e. The molecule has 2 aromatic rings.